The van der Waals surface area contributed by atoms with E-state index in [1.165, 1.54) is 12.8 Å². The molecule has 3 rings (SSSR count). The summed E-state index contributed by atoms with van der Waals surface area (Å²) in [5.41, 5.74) is 1.91. The maximum Gasteiger partial charge on any atom is 0.153 e. The Bertz CT molecular complexity index is 662. The average molecular weight is 309 g/mol. The first-order chi connectivity index (χ1) is 9.60. The van der Waals surface area contributed by atoms with Gasteiger partial charge in [-0.05, 0) is 43.9 Å². The van der Waals surface area contributed by atoms with Crippen molar-refractivity contribution in [3.8, 4) is 11.3 Å². The summed E-state index contributed by atoms with van der Waals surface area (Å²) in [7, 11) is 0. The van der Waals surface area contributed by atoms with Crippen LogP contribution in [0.4, 0.5) is 0 Å². The molecule has 0 bridgehead atoms. The molecular formula is C15H14Cl2N2O. The van der Waals surface area contributed by atoms with Gasteiger partial charge in [0.15, 0.2) is 6.29 Å². The fraction of sp³-hybridized carbons (Fsp3) is 0.333. The molecule has 3 nitrogen and oxygen atoms in total. The zero-order valence-electron chi connectivity index (χ0n) is 11.0. The Hall–Kier alpha value is -1.32. The predicted octanol–water partition coefficient (Wildman–Crippen LogP) is 4.64. The van der Waals surface area contributed by atoms with E-state index in [4.69, 9.17) is 23.2 Å². The van der Waals surface area contributed by atoms with Gasteiger partial charge in [-0.3, -0.25) is 9.48 Å². The van der Waals surface area contributed by atoms with Crippen LogP contribution in [0.3, 0.4) is 0 Å². The van der Waals surface area contributed by atoms with E-state index < -0.39 is 0 Å². The smallest absolute Gasteiger partial charge is 0.153 e. The summed E-state index contributed by atoms with van der Waals surface area (Å²) >= 11 is 12.1. The summed E-state index contributed by atoms with van der Waals surface area (Å²) in [4.78, 5) is 11.3. The Morgan fingerprint density at radius 3 is 2.75 bits per heavy atom. The number of rotatable bonds is 4. The molecule has 1 atom stereocenters. The lowest BCUT2D eigenvalue weighted by molar-refractivity contribution is 0.112. The van der Waals surface area contributed by atoms with Gasteiger partial charge in [0.25, 0.3) is 0 Å². The second-order valence-corrected chi connectivity index (χ2v) is 6.08. The third-order valence-electron chi connectivity index (χ3n) is 3.79. The summed E-state index contributed by atoms with van der Waals surface area (Å²) in [6.45, 7) is 2.13. The van der Waals surface area contributed by atoms with E-state index in [1.54, 1.807) is 24.4 Å². The molecule has 1 aromatic carbocycles. The molecule has 1 aromatic heterocycles. The van der Waals surface area contributed by atoms with Crippen molar-refractivity contribution >= 4 is 29.5 Å². The molecule has 1 fully saturated rings. The molecule has 1 saturated carbocycles. The second kappa shape index (κ2) is 5.23. The molecule has 2 aromatic rings. The number of nitrogens with zero attached hydrogens (tertiary/aromatic N) is 2. The van der Waals surface area contributed by atoms with E-state index in [9.17, 15) is 4.79 Å². The summed E-state index contributed by atoms with van der Waals surface area (Å²) in [6.07, 6.45) is 5.09. The third-order valence-corrected chi connectivity index (χ3v) is 4.34. The van der Waals surface area contributed by atoms with Crippen LogP contribution in [0.1, 0.15) is 36.2 Å². The van der Waals surface area contributed by atoms with Crippen LogP contribution in [0.2, 0.25) is 10.0 Å². The van der Waals surface area contributed by atoms with Crippen molar-refractivity contribution in [1.29, 1.82) is 0 Å². The lowest BCUT2D eigenvalue weighted by atomic mass is 10.1. The van der Waals surface area contributed by atoms with E-state index in [1.807, 2.05) is 4.68 Å². The van der Waals surface area contributed by atoms with Gasteiger partial charge in [-0.15, -0.1) is 0 Å². The highest BCUT2D eigenvalue weighted by molar-refractivity contribution is 6.36. The maximum atomic E-state index is 11.3. The van der Waals surface area contributed by atoms with Gasteiger partial charge >= 0.3 is 0 Å². The van der Waals surface area contributed by atoms with E-state index in [0.29, 0.717) is 33.3 Å². The lowest BCUT2D eigenvalue weighted by Gasteiger charge is -2.10. The molecule has 0 aliphatic heterocycles. The minimum absolute atomic E-state index is 0.313. The van der Waals surface area contributed by atoms with Crippen molar-refractivity contribution in [3.05, 3.63) is 40.0 Å². The van der Waals surface area contributed by atoms with Gasteiger partial charge in [-0.2, -0.15) is 5.10 Å². The topological polar surface area (TPSA) is 34.9 Å². The van der Waals surface area contributed by atoms with Gasteiger partial charge in [0.2, 0.25) is 0 Å². The molecule has 0 amide bonds. The first-order valence-electron chi connectivity index (χ1n) is 6.60. The van der Waals surface area contributed by atoms with Crippen LogP contribution in [0.5, 0.6) is 0 Å². The van der Waals surface area contributed by atoms with Crippen molar-refractivity contribution < 1.29 is 4.79 Å². The summed E-state index contributed by atoms with van der Waals surface area (Å²) in [5.74, 6) is 0.669. The quantitative estimate of drug-likeness (QED) is 0.771. The molecule has 104 valence electrons. The molecule has 0 saturated heterocycles. The number of aromatic nitrogens is 2. The molecule has 1 aliphatic carbocycles. The van der Waals surface area contributed by atoms with E-state index in [2.05, 4.69) is 12.0 Å². The minimum Gasteiger partial charge on any atom is -0.298 e. The normalized spacial score (nSPS) is 16.1. The van der Waals surface area contributed by atoms with Crippen molar-refractivity contribution in [2.45, 2.75) is 25.8 Å². The number of hydrogen-bond donors (Lipinski definition) is 0. The Kier molecular flexibility index (Phi) is 3.57. The molecule has 1 unspecified atom stereocenters. The van der Waals surface area contributed by atoms with Gasteiger partial charge in [-0.25, -0.2) is 0 Å². The fourth-order valence-electron chi connectivity index (χ4n) is 2.39. The summed E-state index contributed by atoms with van der Waals surface area (Å²) < 4.78 is 1.88. The molecule has 1 heterocycles. The molecule has 0 N–H and O–H groups in total. The maximum absolute atomic E-state index is 11.3. The minimum atomic E-state index is 0.313. The number of halogens is 2. The number of carbonyl (C=O) groups excluding carboxylic acids is 1. The van der Waals surface area contributed by atoms with Crippen LogP contribution in [0.25, 0.3) is 11.3 Å². The summed E-state index contributed by atoms with van der Waals surface area (Å²) in [5, 5.41) is 5.63. The number of aldehydes is 1. The molecule has 0 radical (unpaired) electrons. The van der Waals surface area contributed by atoms with Crippen molar-refractivity contribution in [1.82, 2.24) is 9.78 Å². The number of carbonyl (C=O) groups is 1. The molecular weight excluding hydrogens is 295 g/mol. The van der Waals surface area contributed by atoms with Crippen molar-refractivity contribution in [2.24, 2.45) is 5.92 Å². The Morgan fingerprint density at radius 1 is 1.40 bits per heavy atom. The average Bonchev–Trinajstić information content (AvgIpc) is 3.18. The van der Waals surface area contributed by atoms with Gasteiger partial charge in [-0.1, -0.05) is 23.2 Å². The van der Waals surface area contributed by atoms with Gasteiger partial charge in [0.05, 0.1) is 16.6 Å². The lowest BCUT2D eigenvalue weighted by Crippen LogP contribution is -2.07. The highest BCUT2D eigenvalue weighted by Crippen LogP contribution is 2.40. The predicted molar refractivity (Wildman–Crippen MR) is 80.5 cm³/mol. The molecule has 1 aliphatic rings. The molecule has 20 heavy (non-hydrogen) atoms. The second-order valence-electron chi connectivity index (χ2n) is 5.23. The Labute approximate surface area is 127 Å². The van der Waals surface area contributed by atoms with Crippen molar-refractivity contribution in [2.75, 3.05) is 0 Å². The number of benzene rings is 1. The SMILES string of the molecule is CC(C1CC1)n1cc(C=O)c(-c2ccc(Cl)cc2Cl)n1. The van der Waals surface area contributed by atoms with E-state index in [-0.39, 0.29) is 0 Å². The van der Waals surface area contributed by atoms with Gasteiger partial charge in [0.1, 0.15) is 5.69 Å². The Balaban J connectivity index is 2.05. The van der Waals surface area contributed by atoms with Crippen LogP contribution in [0, 0.1) is 5.92 Å². The monoisotopic (exact) mass is 308 g/mol. The number of hydrogen-bond acceptors (Lipinski definition) is 2. The van der Waals surface area contributed by atoms with E-state index >= 15 is 0 Å². The highest BCUT2D eigenvalue weighted by atomic mass is 35.5. The van der Waals surface area contributed by atoms with Gasteiger partial charge in [0, 0.05) is 16.8 Å². The highest BCUT2D eigenvalue weighted by Gasteiger charge is 2.30. The zero-order chi connectivity index (χ0) is 14.3. The summed E-state index contributed by atoms with van der Waals surface area (Å²) in [6, 6.07) is 5.52. The third kappa shape index (κ3) is 2.48. The van der Waals surface area contributed by atoms with Crippen LogP contribution < -0.4 is 0 Å². The van der Waals surface area contributed by atoms with Crippen molar-refractivity contribution in [3.63, 3.8) is 0 Å². The van der Waals surface area contributed by atoms with Crippen LogP contribution in [-0.4, -0.2) is 16.1 Å². The molecule has 5 heteroatoms. The molecule has 0 spiro atoms. The first-order valence-corrected chi connectivity index (χ1v) is 7.35. The Morgan fingerprint density at radius 2 is 2.15 bits per heavy atom. The fourth-order valence-corrected chi connectivity index (χ4v) is 2.88. The van der Waals surface area contributed by atoms with E-state index in [0.717, 1.165) is 11.8 Å². The zero-order valence-corrected chi connectivity index (χ0v) is 12.5. The first kappa shape index (κ1) is 13.7. The van der Waals surface area contributed by atoms with Crippen LogP contribution >= 0.6 is 23.2 Å². The largest absolute Gasteiger partial charge is 0.298 e. The van der Waals surface area contributed by atoms with Crippen LogP contribution in [0.15, 0.2) is 24.4 Å². The van der Waals surface area contributed by atoms with Gasteiger partial charge < -0.3 is 0 Å². The standard InChI is InChI=1S/C15H14Cl2N2O/c1-9(10-2-3-10)19-7-11(8-20)15(18-19)13-5-4-12(16)6-14(13)17/h4-10H,2-3H2,1H3. The van der Waals surface area contributed by atoms with Crippen LogP contribution in [-0.2, 0) is 0 Å².